The molecule has 2 aliphatic heterocycles. The number of aromatic nitrogens is 4. The molecule has 21 heteroatoms. The maximum absolute atomic E-state index is 13.6. The van der Waals surface area contributed by atoms with Gasteiger partial charge in [0.2, 0.25) is 6.41 Å². The summed E-state index contributed by atoms with van der Waals surface area (Å²) in [5, 5.41) is 5.84. The second-order valence-corrected chi connectivity index (χ2v) is 20.4. The van der Waals surface area contributed by atoms with Gasteiger partial charge in [-0.1, -0.05) is 72.8 Å². The van der Waals surface area contributed by atoms with E-state index < -0.39 is 43.5 Å². The topological polar surface area (TPSA) is 176 Å². The summed E-state index contributed by atoms with van der Waals surface area (Å²) in [4.78, 5) is 28.0. The van der Waals surface area contributed by atoms with Crippen LogP contribution in [0.5, 0.6) is 0 Å². The maximum atomic E-state index is 13.6. The van der Waals surface area contributed by atoms with Gasteiger partial charge in [-0.05, 0) is 146 Å². The van der Waals surface area contributed by atoms with E-state index in [1.807, 2.05) is 12.1 Å². The summed E-state index contributed by atoms with van der Waals surface area (Å²) >= 11 is 0. The highest BCUT2D eigenvalue weighted by Gasteiger charge is 2.33. The number of benzene rings is 6. The fourth-order valence-electron chi connectivity index (χ4n) is 8.76. The fourth-order valence-corrected chi connectivity index (χ4v) is 10.8. The van der Waals surface area contributed by atoms with Crippen molar-refractivity contribution >= 4 is 70.8 Å². The van der Waals surface area contributed by atoms with Crippen LogP contribution in [0.15, 0.2) is 168 Å². The van der Waals surface area contributed by atoms with Gasteiger partial charge in [0.05, 0.1) is 20.9 Å². The number of halogens is 6. The molecule has 3 N–H and O–H groups in total. The number of hydrogen-bond acceptors (Lipinski definition) is 10. The molecule has 4 heterocycles. The number of nitrogens with one attached hydrogen (secondary N) is 3. The minimum absolute atomic E-state index is 0.0114. The summed E-state index contributed by atoms with van der Waals surface area (Å²) < 4.78 is 138. The number of alkyl halides is 6. The third kappa shape index (κ3) is 11.3. The van der Waals surface area contributed by atoms with Gasteiger partial charge in [-0.2, -0.15) is 26.3 Å². The smallest absolute Gasteiger partial charge is 0.341 e. The first-order valence-corrected chi connectivity index (χ1v) is 25.7. The molecule has 13 nitrogen and oxygen atoms in total. The molecule has 0 aliphatic carbocycles. The lowest BCUT2D eigenvalue weighted by molar-refractivity contribution is -0.138. The number of anilines is 2. The Balaban J connectivity index is 0.000000182. The molecule has 0 spiro atoms. The molecule has 1 amide bonds. The minimum Gasteiger partial charge on any atom is -0.341 e. The average Bonchev–Trinajstić information content (AvgIpc) is 3.40. The lowest BCUT2D eigenvalue weighted by atomic mass is 9.88. The number of hydrogen-bond donors (Lipinski definition) is 3. The highest BCUT2D eigenvalue weighted by Crippen LogP contribution is 2.42. The zero-order valence-corrected chi connectivity index (χ0v) is 40.3. The first-order valence-electron chi connectivity index (χ1n) is 22.7. The van der Waals surface area contributed by atoms with Crippen LogP contribution in [0, 0.1) is 0 Å². The van der Waals surface area contributed by atoms with E-state index in [4.69, 9.17) is 0 Å². The van der Waals surface area contributed by atoms with Crippen LogP contribution in [0.3, 0.4) is 0 Å². The van der Waals surface area contributed by atoms with Gasteiger partial charge in [-0.15, -0.1) is 0 Å². The molecule has 74 heavy (non-hydrogen) atoms. The predicted octanol–water partition coefficient (Wildman–Crippen LogP) is 10.9. The van der Waals surface area contributed by atoms with Crippen LogP contribution >= 0.6 is 0 Å². The molecular weight excluding hydrogens is 1010 g/mol. The fraction of sp³-hybridized carbons (Fsp3) is 0.151. The van der Waals surface area contributed by atoms with Crippen LogP contribution in [0.1, 0.15) is 35.1 Å². The highest BCUT2D eigenvalue weighted by molar-refractivity contribution is 7.93. The van der Waals surface area contributed by atoms with Crippen molar-refractivity contribution in [3.8, 4) is 22.3 Å². The van der Waals surface area contributed by atoms with Gasteiger partial charge < -0.3 is 10.2 Å². The molecule has 0 bridgehead atoms. The Morgan fingerprint density at radius 1 is 0.554 bits per heavy atom. The van der Waals surface area contributed by atoms with Gasteiger partial charge in [0.1, 0.15) is 24.3 Å². The van der Waals surface area contributed by atoms with Crippen molar-refractivity contribution in [1.29, 1.82) is 0 Å². The molecule has 0 saturated heterocycles. The zero-order valence-electron chi connectivity index (χ0n) is 38.7. The van der Waals surface area contributed by atoms with Gasteiger partial charge in [0.25, 0.3) is 20.0 Å². The van der Waals surface area contributed by atoms with Crippen LogP contribution < -0.4 is 14.8 Å². The molecule has 6 aromatic carbocycles. The second-order valence-electron chi connectivity index (χ2n) is 17.1. The molecule has 0 saturated carbocycles. The van der Waals surface area contributed by atoms with Gasteiger partial charge in [0.15, 0.2) is 0 Å². The molecule has 0 radical (unpaired) electrons. The molecule has 10 rings (SSSR count). The largest absolute Gasteiger partial charge is 0.416 e. The summed E-state index contributed by atoms with van der Waals surface area (Å²) in [5.41, 5.74) is 3.70. The first-order chi connectivity index (χ1) is 35.4. The number of sulfonamides is 2. The summed E-state index contributed by atoms with van der Waals surface area (Å²) in [6.45, 7) is 1.98. The van der Waals surface area contributed by atoms with Gasteiger partial charge in [-0.25, -0.2) is 36.8 Å². The third-order valence-corrected chi connectivity index (χ3v) is 15.1. The maximum Gasteiger partial charge on any atom is 0.416 e. The molecule has 0 atom stereocenters. The van der Waals surface area contributed by atoms with Crippen LogP contribution in [0.25, 0.3) is 54.9 Å². The van der Waals surface area contributed by atoms with Crippen LogP contribution in [-0.2, 0) is 37.2 Å². The van der Waals surface area contributed by atoms with Gasteiger partial charge >= 0.3 is 12.4 Å². The summed E-state index contributed by atoms with van der Waals surface area (Å²) in [6, 6.07) is 30.2. The lowest BCUT2D eigenvalue weighted by Gasteiger charge is -2.25. The molecule has 2 aromatic heterocycles. The van der Waals surface area contributed by atoms with E-state index in [0.717, 1.165) is 46.7 Å². The quantitative estimate of drug-likeness (QED) is 0.0835. The van der Waals surface area contributed by atoms with Crippen LogP contribution in [0.4, 0.5) is 38.0 Å². The van der Waals surface area contributed by atoms with Crippen molar-refractivity contribution in [2.24, 2.45) is 0 Å². The predicted molar refractivity (Wildman–Crippen MR) is 270 cm³/mol. The Labute approximate surface area is 420 Å². The third-order valence-electron chi connectivity index (χ3n) is 12.4. The van der Waals surface area contributed by atoms with E-state index >= 15 is 0 Å². The number of rotatable bonds is 11. The molecule has 2 aliphatic rings. The number of carbonyl (C=O) groups excluding carboxylic acids is 1. The SMILES string of the molecule is O=CN1CC=C(c2cc(C(F)(F)F)ccc2-c2cccc3cc(S(=O)(=O)Nc4ccncn4)ccc23)CC1.O=S(=O)(Nc1ccncn1)c1ccc2c(-c3ccc(C(F)(F)F)cc3C3=CCNCC3)cccc2c1. The van der Waals surface area contributed by atoms with E-state index in [9.17, 15) is 48.0 Å². The van der Waals surface area contributed by atoms with E-state index in [1.54, 1.807) is 53.4 Å². The Bertz CT molecular complexity index is 3710. The van der Waals surface area contributed by atoms with Crippen LogP contribution in [-0.4, -0.2) is 74.3 Å². The monoisotopic (exact) mass is 1050 g/mol. The molecular formula is C53H42F6N8O5S2. The van der Waals surface area contributed by atoms with Crippen molar-refractivity contribution < 1.29 is 48.0 Å². The molecule has 0 unspecified atom stereocenters. The van der Waals surface area contributed by atoms with Crippen LogP contribution in [0.2, 0.25) is 0 Å². The Morgan fingerprint density at radius 2 is 1.05 bits per heavy atom. The summed E-state index contributed by atoms with van der Waals surface area (Å²) in [6.07, 6.45) is 1.75. The summed E-state index contributed by atoms with van der Waals surface area (Å²) in [5.74, 6) is 0.264. The average molecular weight is 1050 g/mol. The molecule has 378 valence electrons. The number of carbonyl (C=O) groups is 1. The van der Waals surface area contributed by atoms with Crippen molar-refractivity contribution in [2.45, 2.75) is 35.0 Å². The van der Waals surface area contributed by atoms with Crippen molar-refractivity contribution in [3.05, 3.63) is 181 Å². The molecule has 8 aromatic rings. The van der Waals surface area contributed by atoms with E-state index in [0.29, 0.717) is 83.0 Å². The molecule has 0 fully saturated rings. The second kappa shape index (κ2) is 20.8. The first kappa shape index (κ1) is 50.9. The highest BCUT2D eigenvalue weighted by atomic mass is 32.2. The Hall–Kier alpha value is -8.01. The van der Waals surface area contributed by atoms with Crippen molar-refractivity contribution in [1.82, 2.24) is 30.2 Å². The van der Waals surface area contributed by atoms with E-state index in [1.165, 1.54) is 79.6 Å². The van der Waals surface area contributed by atoms with Gasteiger partial charge in [-0.3, -0.25) is 14.2 Å². The minimum atomic E-state index is -4.52. The van der Waals surface area contributed by atoms with E-state index in [2.05, 4.69) is 34.7 Å². The lowest BCUT2D eigenvalue weighted by Crippen LogP contribution is -2.26. The van der Waals surface area contributed by atoms with Gasteiger partial charge in [0, 0.05) is 32.0 Å². The number of amides is 1. The summed E-state index contributed by atoms with van der Waals surface area (Å²) in [7, 11) is -7.86. The van der Waals surface area contributed by atoms with Crippen molar-refractivity contribution in [2.75, 3.05) is 35.6 Å². The zero-order chi connectivity index (χ0) is 52.3. The number of fused-ring (bicyclic) bond motifs is 2. The van der Waals surface area contributed by atoms with E-state index in [-0.39, 0.29) is 21.4 Å². The Kier molecular flexibility index (Phi) is 14.3. The Morgan fingerprint density at radius 3 is 1.46 bits per heavy atom. The van der Waals surface area contributed by atoms with Crippen molar-refractivity contribution in [3.63, 3.8) is 0 Å². The number of nitrogens with zero attached hydrogens (tertiary/aromatic N) is 5. The standard InChI is InChI=1S/C27H21F3N4O3S.C26H21F3N4O2S/c28-27(29,30)20-4-6-24(25(15-20)18-9-12-34(17-35)13-10-18)23-3-1-2-19-14-21(5-7-22(19)23)38(36,37)33-26-8-11-31-16-32-26;27-26(28,29)19-4-6-23(24(15-19)17-8-11-30-12-9-17)22-3-1-2-18-14-20(5-7-21(18)22)36(34,35)33-25-10-13-31-16-32-25/h1-9,11,14-17H,10,12-13H2,(H,31,32,33);1-8,10,13-16,30H,9,11-12H2,(H,31,32,33). The normalized spacial score (nSPS) is 14.4.